The number of unbranched alkanes of at least 4 members (excludes halogenated alkanes) is 15. The van der Waals surface area contributed by atoms with E-state index >= 15 is 0 Å². The molecule has 0 aromatic rings. The van der Waals surface area contributed by atoms with Gasteiger partial charge < -0.3 is 4.48 Å². The van der Waals surface area contributed by atoms with Crippen molar-refractivity contribution < 1.29 is 4.48 Å². The molecule has 1 fully saturated rings. The van der Waals surface area contributed by atoms with Gasteiger partial charge in [-0.15, -0.1) is 0 Å². The summed E-state index contributed by atoms with van der Waals surface area (Å²) in [6.45, 7) is 10.6. The summed E-state index contributed by atoms with van der Waals surface area (Å²) in [5.41, 5.74) is 0. The normalized spacial score (nSPS) is 16.4. The fraction of sp³-hybridized carbons (Fsp3) is 1.00. The molecule has 1 aliphatic rings. The van der Waals surface area contributed by atoms with Crippen molar-refractivity contribution in [2.45, 2.75) is 136 Å². The molecule has 0 bridgehead atoms. The van der Waals surface area contributed by atoms with E-state index in [4.69, 9.17) is 0 Å². The van der Waals surface area contributed by atoms with Crippen molar-refractivity contribution in [3.8, 4) is 0 Å². The first-order chi connectivity index (χ1) is 12.8. The monoisotopic (exact) mass is 366 g/mol. The molecule has 1 heterocycles. The van der Waals surface area contributed by atoms with Gasteiger partial charge in [0, 0.05) is 12.8 Å². The second kappa shape index (κ2) is 17.1. The average Bonchev–Trinajstić information content (AvgIpc) is 3.11. The fourth-order valence-corrected chi connectivity index (χ4v) is 4.90. The number of likely N-dealkylation sites (tertiary alicyclic amines) is 1. The average molecular weight is 367 g/mol. The number of hydrogen-bond donors (Lipinski definition) is 0. The Morgan fingerprint density at radius 3 is 1.08 bits per heavy atom. The van der Waals surface area contributed by atoms with Gasteiger partial charge in [0.1, 0.15) is 0 Å². The van der Waals surface area contributed by atoms with Crippen LogP contribution in [0, 0.1) is 0 Å². The molecule has 26 heavy (non-hydrogen) atoms. The zero-order valence-electron chi connectivity index (χ0n) is 18.7. The molecule has 0 aromatic carbocycles. The zero-order valence-corrected chi connectivity index (χ0v) is 18.7. The molecular formula is C25H52N+. The summed E-state index contributed by atoms with van der Waals surface area (Å²) in [7, 11) is 0. The first-order valence-electron chi connectivity index (χ1n) is 12.7. The third-order valence-electron chi connectivity index (χ3n) is 6.74. The van der Waals surface area contributed by atoms with E-state index in [2.05, 4.69) is 13.8 Å². The summed E-state index contributed by atoms with van der Waals surface area (Å²) in [4.78, 5) is 0. The van der Waals surface area contributed by atoms with Crippen LogP contribution < -0.4 is 0 Å². The van der Waals surface area contributed by atoms with Crippen molar-refractivity contribution in [3.05, 3.63) is 0 Å². The first kappa shape index (κ1) is 24.0. The van der Waals surface area contributed by atoms with E-state index in [1.54, 1.807) is 0 Å². The number of nitrogens with zero attached hydrogens (tertiary/aromatic N) is 1. The molecule has 0 amide bonds. The Kier molecular flexibility index (Phi) is 15.8. The Hall–Kier alpha value is -0.0400. The fourth-order valence-electron chi connectivity index (χ4n) is 4.90. The molecule has 0 atom stereocenters. The van der Waals surface area contributed by atoms with Crippen LogP contribution in [0.15, 0.2) is 0 Å². The molecule has 0 aliphatic carbocycles. The van der Waals surface area contributed by atoms with E-state index in [9.17, 15) is 0 Å². The van der Waals surface area contributed by atoms with Crippen LogP contribution in [0.3, 0.4) is 0 Å². The lowest BCUT2D eigenvalue weighted by Gasteiger charge is -2.34. The van der Waals surface area contributed by atoms with Crippen LogP contribution in [0.25, 0.3) is 0 Å². The number of quaternary nitrogens is 1. The Bertz CT molecular complexity index is 280. The minimum absolute atomic E-state index is 1.37. The lowest BCUT2D eigenvalue weighted by atomic mass is 10.1. The van der Waals surface area contributed by atoms with Gasteiger partial charge >= 0.3 is 0 Å². The maximum absolute atomic E-state index is 2.32. The molecule has 156 valence electrons. The van der Waals surface area contributed by atoms with E-state index in [1.165, 1.54) is 153 Å². The molecule has 0 N–H and O–H groups in total. The maximum Gasteiger partial charge on any atom is 0.0788 e. The zero-order chi connectivity index (χ0) is 18.8. The lowest BCUT2D eigenvalue weighted by molar-refractivity contribution is -0.917. The number of hydrogen-bond acceptors (Lipinski definition) is 0. The molecule has 0 unspecified atom stereocenters. The first-order valence-corrected chi connectivity index (χ1v) is 12.7. The van der Waals surface area contributed by atoms with Gasteiger partial charge in [-0.05, 0) is 25.7 Å². The van der Waals surface area contributed by atoms with Gasteiger partial charge in [-0.3, -0.25) is 0 Å². The highest BCUT2D eigenvalue weighted by atomic mass is 15.4. The van der Waals surface area contributed by atoms with E-state index in [0.29, 0.717) is 0 Å². The minimum atomic E-state index is 1.37. The molecule has 0 saturated carbocycles. The summed E-state index contributed by atoms with van der Waals surface area (Å²) in [5.74, 6) is 0. The van der Waals surface area contributed by atoms with E-state index in [0.717, 1.165) is 0 Å². The van der Waals surface area contributed by atoms with Gasteiger partial charge in [-0.2, -0.15) is 0 Å². The smallest absolute Gasteiger partial charge is 0.0788 e. The third-order valence-corrected chi connectivity index (χ3v) is 6.74. The maximum atomic E-state index is 2.32. The third kappa shape index (κ3) is 12.4. The van der Waals surface area contributed by atoms with Crippen LogP contribution in [0.4, 0.5) is 0 Å². The quantitative estimate of drug-likeness (QED) is 0.159. The molecule has 0 radical (unpaired) electrons. The molecule has 1 nitrogen and oxygen atoms in total. The highest BCUT2D eigenvalue weighted by Gasteiger charge is 2.30. The summed E-state index contributed by atoms with van der Waals surface area (Å²) >= 11 is 0. The van der Waals surface area contributed by atoms with Gasteiger partial charge in [0.25, 0.3) is 0 Å². The predicted octanol–water partition coefficient (Wildman–Crippen LogP) is 8.27. The molecule has 1 saturated heterocycles. The van der Waals surface area contributed by atoms with Crippen LogP contribution in [-0.2, 0) is 0 Å². The topological polar surface area (TPSA) is 0 Å². The Morgan fingerprint density at radius 2 is 0.731 bits per heavy atom. The minimum Gasteiger partial charge on any atom is -0.324 e. The van der Waals surface area contributed by atoms with E-state index in [-0.39, 0.29) is 0 Å². The summed E-state index contributed by atoms with van der Waals surface area (Å²) in [6, 6.07) is 0. The van der Waals surface area contributed by atoms with E-state index in [1.807, 2.05) is 0 Å². The van der Waals surface area contributed by atoms with Crippen LogP contribution in [0.5, 0.6) is 0 Å². The standard InChI is InChI=1S/C25H52N/c1-3-5-7-9-11-12-13-14-15-17-19-23-26(24-20-21-25-26)22-18-16-10-8-6-4-2/h3-25H2,1-2H3/q+1. The van der Waals surface area contributed by atoms with Crippen molar-refractivity contribution >= 4 is 0 Å². The van der Waals surface area contributed by atoms with Gasteiger partial charge in [0.2, 0.25) is 0 Å². The van der Waals surface area contributed by atoms with Crippen molar-refractivity contribution in [1.82, 2.24) is 0 Å². The van der Waals surface area contributed by atoms with Crippen LogP contribution in [0.1, 0.15) is 136 Å². The predicted molar refractivity (Wildman–Crippen MR) is 119 cm³/mol. The molecule has 1 aliphatic heterocycles. The van der Waals surface area contributed by atoms with Gasteiger partial charge in [0.15, 0.2) is 0 Å². The van der Waals surface area contributed by atoms with Gasteiger partial charge in [0.05, 0.1) is 26.2 Å². The van der Waals surface area contributed by atoms with Crippen molar-refractivity contribution in [2.24, 2.45) is 0 Å². The Morgan fingerprint density at radius 1 is 0.423 bits per heavy atom. The SMILES string of the molecule is CCCCCCCCCCCCC[N+]1(CCCCCCCC)CCCC1. The second-order valence-electron chi connectivity index (χ2n) is 9.25. The lowest BCUT2D eigenvalue weighted by Crippen LogP contribution is -2.46. The van der Waals surface area contributed by atoms with Crippen LogP contribution >= 0.6 is 0 Å². The highest BCUT2D eigenvalue weighted by molar-refractivity contribution is 4.57. The largest absolute Gasteiger partial charge is 0.324 e. The molecule has 1 heteroatoms. The Labute approximate surface area is 166 Å². The van der Waals surface area contributed by atoms with Gasteiger partial charge in [-0.1, -0.05) is 97.3 Å². The second-order valence-corrected chi connectivity index (χ2v) is 9.25. The van der Waals surface area contributed by atoms with Crippen molar-refractivity contribution in [1.29, 1.82) is 0 Å². The number of rotatable bonds is 19. The van der Waals surface area contributed by atoms with Crippen molar-refractivity contribution in [3.63, 3.8) is 0 Å². The molecule has 0 aromatic heterocycles. The van der Waals surface area contributed by atoms with Gasteiger partial charge in [-0.25, -0.2) is 0 Å². The van der Waals surface area contributed by atoms with E-state index < -0.39 is 0 Å². The van der Waals surface area contributed by atoms with Crippen LogP contribution in [-0.4, -0.2) is 30.7 Å². The van der Waals surface area contributed by atoms with Crippen LogP contribution in [0.2, 0.25) is 0 Å². The summed E-state index contributed by atoms with van der Waals surface area (Å²) in [5, 5.41) is 0. The Balaban J connectivity index is 1.96. The molecular weight excluding hydrogens is 314 g/mol. The molecule has 1 rings (SSSR count). The summed E-state index contributed by atoms with van der Waals surface area (Å²) < 4.78 is 1.49. The highest BCUT2D eigenvalue weighted by Crippen LogP contribution is 2.23. The summed E-state index contributed by atoms with van der Waals surface area (Å²) in [6.07, 6.45) is 27.9. The van der Waals surface area contributed by atoms with Crippen molar-refractivity contribution in [2.75, 3.05) is 26.2 Å². The molecule has 0 spiro atoms.